The van der Waals surface area contributed by atoms with E-state index >= 15 is 0 Å². The van der Waals surface area contributed by atoms with Crippen LogP contribution in [0.5, 0.6) is 11.5 Å². The third-order valence-corrected chi connectivity index (χ3v) is 2.59. The van der Waals surface area contributed by atoms with Gasteiger partial charge in [0.1, 0.15) is 11.5 Å². The molecule has 4 nitrogen and oxygen atoms in total. The Morgan fingerprint density at radius 1 is 0.722 bits per heavy atom. The maximum atomic E-state index is 5.24. The van der Waals surface area contributed by atoms with Crippen molar-refractivity contribution in [1.82, 2.24) is 9.97 Å². The maximum absolute atomic E-state index is 5.24. The molecule has 0 spiro atoms. The van der Waals surface area contributed by atoms with Gasteiger partial charge in [-0.1, -0.05) is 0 Å². The van der Waals surface area contributed by atoms with E-state index in [1.54, 1.807) is 14.2 Å². The second-order valence-electron chi connectivity index (χ2n) is 4.07. The maximum Gasteiger partial charge on any atom is 0.122 e. The van der Waals surface area contributed by atoms with Gasteiger partial charge in [0.15, 0.2) is 0 Å². The molecule has 0 unspecified atom stereocenters. The average Bonchev–Trinajstić information content (AvgIpc) is 2.37. The summed E-state index contributed by atoms with van der Waals surface area (Å²) in [5, 5.41) is 0. The van der Waals surface area contributed by atoms with E-state index in [4.69, 9.17) is 9.47 Å². The number of rotatable bonds is 3. The molecule has 4 heteroatoms. The van der Waals surface area contributed by atoms with Gasteiger partial charge in [0, 0.05) is 35.7 Å². The molecule has 0 aromatic carbocycles. The van der Waals surface area contributed by atoms with Crippen molar-refractivity contribution in [3.05, 3.63) is 35.7 Å². The number of hydrogen-bond donors (Lipinski definition) is 0. The summed E-state index contributed by atoms with van der Waals surface area (Å²) in [6.45, 7) is 3.86. The van der Waals surface area contributed by atoms with E-state index in [1.807, 2.05) is 38.1 Å². The van der Waals surface area contributed by atoms with Crippen LogP contribution in [-0.2, 0) is 0 Å². The van der Waals surface area contributed by atoms with E-state index in [0.717, 1.165) is 34.3 Å². The first-order valence-corrected chi connectivity index (χ1v) is 5.68. The second kappa shape index (κ2) is 5.04. The number of nitrogens with zero attached hydrogens (tertiary/aromatic N) is 2. The van der Waals surface area contributed by atoms with Gasteiger partial charge in [0.05, 0.1) is 25.6 Å². The molecule has 0 saturated heterocycles. The first-order chi connectivity index (χ1) is 8.62. The van der Waals surface area contributed by atoms with Crippen molar-refractivity contribution in [2.75, 3.05) is 14.2 Å². The van der Waals surface area contributed by atoms with Gasteiger partial charge < -0.3 is 9.47 Å². The van der Waals surface area contributed by atoms with Crippen molar-refractivity contribution in [2.45, 2.75) is 13.8 Å². The zero-order chi connectivity index (χ0) is 13.1. The molecule has 0 aliphatic heterocycles. The molecule has 2 aromatic rings. The average molecular weight is 244 g/mol. The van der Waals surface area contributed by atoms with E-state index in [2.05, 4.69) is 9.97 Å². The summed E-state index contributed by atoms with van der Waals surface area (Å²) in [5.74, 6) is 1.56. The molecule has 0 radical (unpaired) electrons. The zero-order valence-electron chi connectivity index (χ0n) is 11.0. The second-order valence-corrected chi connectivity index (χ2v) is 4.07. The lowest BCUT2D eigenvalue weighted by molar-refractivity contribution is 0.413. The molecule has 0 atom stereocenters. The Hall–Kier alpha value is -2.10. The predicted octanol–water partition coefficient (Wildman–Crippen LogP) is 2.78. The standard InChI is InChI=1S/C14H16N2O2/c1-9-5-11(17-3)7-13(15-9)14-8-12(18-4)6-10(2)16-14/h5-8H,1-4H3. The fourth-order valence-electron chi connectivity index (χ4n) is 1.77. The highest BCUT2D eigenvalue weighted by molar-refractivity contribution is 5.59. The van der Waals surface area contributed by atoms with Crippen LogP contribution >= 0.6 is 0 Å². The first kappa shape index (κ1) is 12.4. The highest BCUT2D eigenvalue weighted by atomic mass is 16.5. The normalized spacial score (nSPS) is 10.2. The number of aromatic nitrogens is 2. The number of pyridine rings is 2. The Balaban J connectivity index is 2.53. The van der Waals surface area contributed by atoms with E-state index in [1.165, 1.54) is 0 Å². The summed E-state index contributed by atoms with van der Waals surface area (Å²) in [6, 6.07) is 7.51. The van der Waals surface area contributed by atoms with Gasteiger partial charge in [-0.05, 0) is 13.8 Å². The fourth-order valence-corrected chi connectivity index (χ4v) is 1.77. The molecule has 0 N–H and O–H groups in total. The lowest BCUT2D eigenvalue weighted by Gasteiger charge is -2.08. The van der Waals surface area contributed by atoms with Crippen molar-refractivity contribution in [1.29, 1.82) is 0 Å². The zero-order valence-corrected chi connectivity index (χ0v) is 11.0. The molecule has 2 aromatic heterocycles. The van der Waals surface area contributed by atoms with Crippen molar-refractivity contribution in [3.63, 3.8) is 0 Å². The van der Waals surface area contributed by atoms with E-state index in [-0.39, 0.29) is 0 Å². The molecule has 0 saturated carbocycles. The van der Waals surface area contributed by atoms with Gasteiger partial charge in [0.2, 0.25) is 0 Å². The van der Waals surface area contributed by atoms with Crippen LogP contribution in [-0.4, -0.2) is 24.2 Å². The van der Waals surface area contributed by atoms with Gasteiger partial charge in [0.25, 0.3) is 0 Å². The van der Waals surface area contributed by atoms with Crippen LogP contribution in [0.3, 0.4) is 0 Å². The van der Waals surface area contributed by atoms with E-state index in [0.29, 0.717) is 0 Å². The van der Waals surface area contributed by atoms with Gasteiger partial charge >= 0.3 is 0 Å². The van der Waals surface area contributed by atoms with Crippen LogP contribution < -0.4 is 9.47 Å². The third-order valence-electron chi connectivity index (χ3n) is 2.59. The number of ether oxygens (including phenoxy) is 2. The molecule has 0 fully saturated rings. The van der Waals surface area contributed by atoms with Crippen molar-refractivity contribution in [2.24, 2.45) is 0 Å². The highest BCUT2D eigenvalue weighted by Gasteiger charge is 2.07. The summed E-state index contributed by atoms with van der Waals surface area (Å²) < 4.78 is 10.5. The van der Waals surface area contributed by atoms with Crippen molar-refractivity contribution >= 4 is 0 Å². The Kier molecular flexibility index (Phi) is 3.46. The molecule has 0 amide bonds. The molecule has 0 aliphatic carbocycles. The molecular formula is C14H16N2O2. The van der Waals surface area contributed by atoms with Gasteiger partial charge in [-0.3, -0.25) is 9.97 Å². The Morgan fingerprint density at radius 3 is 1.44 bits per heavy atom. The van der Waals surface area contributed by atoms with Crippen LogP contribution in [0.2, 0.25) is 0 Å². The van der Waals surface area contributed by atoms with Crippen molar-refractivity contribution < 1.29 is 9.47 Å². The minimum absolute atomic E-state index is 0.778. The molecule has 0 aliphatic rings. The topological polar surface area (TPSA) is 44.2 Å². The highest BCUT2D eigenvalue weighted by Crippen LogP contribution is 2.25. The summed E-state index contributed by atoms with van der Waals surface area (Å²) in [4.78, 5) is 8.94. The molecule has 2 rings (SSSR count). The fraction of sp³-hybridized carbons (Fsp3) is 0.286. The predicted molar refractivity (Wildman–Crippen MR) is 70.0 cm³/mol. The van der Waals surface area contributed by atoms with Crippen LogP contribution in [0.25, 0.3) is 11.4 Å². The Bertz CT molecular complexity index is 516. The number of aryl methyl sites for hydroxylation is 2. The molecular weight excluding hydrogens is 228 g/mol. The van der Waals surface area contributed by atoms with E-state index < -0.39 is 0 Å². The smallest absolute Gasteiger partial charge is 0.122 e. The summed E-state index contributed by atoms with van der Waals surface area (Å²) in [7, 11) is 3.28. The van der Waals surface area contributed by atoms with Crippen LogP contribution in [0, 0.1) is 13.8 Å². The summed E-state index contributed by atoms with van der Waals surface area (Å²) in [6.07, 6.45) is 0. The van der Waals surface area contributed by atoms with E-state index in [9.17, 15) is 0 Å². The molecule has 94 valence electrons. The third kappa shape index (κ3) is 2.59. The monoisotopic (exact) mass is 244 g/mol. The molecule has 0 bridgehead atoms. The minimum atomic E-state index is 0.778. The van der Waals surface area contributed by atoms with Gasteiger partial charge in [-0.25, -0.2) is 0 Å². The summed E-state index contributed by atoms with van der Waals surface area (Å²) in [5.41, 5.74) is 3.36. The number of hydrogen-bond acceptors (Lipinski definition) is 4. The Morgan fingerprint density at radius 2 is 1.11 bits per heavy atom. The van der Waals surface area contributed by atoms with Crippen LogP contribution in [0.15, 0.2) is 24.3 Å². The first-order valence-electron chi connectivity index (χ1n) is 5.68. The van der Waals surface area contributed by atoms with Crippen LogP contribution in [0.1, 0.15) is 11.4 Å². The number of methoxy groups -OCH3 is 2. The Labute approximate surface area is 107 Å². The van der Waals surface area contributed by atoms with Gasteiger partial charge in [-0.15, -0.1) is 0 Å². The lowest BCUT2D eigenvalue weighted by atomic mass is 10.2. The van der Waals surface area contributed by atoms with Crippen molar-refractivity contribution in [3.8, 4) is 22.9 Å². The largest absolute Gasteiger partial charge is 0.497 e. The lowest BCUT2D eigenvalue weighted by Crippen LogP contribution is -1.95. The van der Waals surface area contributed by atoms with Gasteiger partial charge in [-0.2, -0.15) is 0 Å². The quantitative estimate of drug-likeness (QED) is 0.832. The van der Waals surface area contributed by atoms with Crippen LogP contribution in [0.4, 0.5) is 0 Å². The summed E-state index contributed by atoms with van der Waals surface area (Å²) >= 11 is 0. The molecule has 18 heavy (non-hydrogen) atoms. The SMILES string of the molecule is COc1cc(C)nc(-c2cc(OC)cc(C)n2)c1. The molecule has 2 heterocycles. The minimum Gasteiger partial charge on any atom is -0.497 e.